The van der Waals surface area contributed by atoms with Gasteiger partial charge in [-0.1, -0.05) is 76.6 Å². The maximum Gasteiger partial charge on any atom is 0.0978 e. The summed E-state index contributed by atoms with van der Waals surface area (Å²) in [6.45, 7) is 0. The second-order valence-corrected chi connectivity index (χ2v) is 7.38. The van der Waals surface area contributed by atoms with Crippen LogP contribution in [0.15, 0.2) is 95.6 Å². The number of nitrogens with zero attached hydrogens (tertiary/aromatic N) is 2. The minimum atomic E-state index is 0.917. The molecule has 0 N–H and O–H groups in total. The molecule has 0 saturated heterocycles. The first kappa shape index (κ1) is 16.2. The fraction of sp³-hybridized carbons (Fsp3) is 0. The van der Waals surface area contributed by atoms with Crippen molar-refractivity contribution in [3.05, 3.63) is 95.6 Å². The molecule has 27 heavy (non-hydrogen) atoms. The van der Waals surface area contributed by atoms with E-state index in [4.69, 9.17) is 9.97 Å². The van der Waals surface area contributed by atoms with Crippen LogP contribution in [-0.2, 0) is 0 Å². The van der Waals surface area contributed by atoms with Crippen LogP contribution in [0.25, 0.3) is 44.2 Å². The molecule has 0 unspecified atom stereocenters. The van der Waals surface area contributed by atoms with E-state index in [0.717, 1.165) is 43.3 Å². The Morgan fingerprint density at radius 1 is 0.630 bits per heavy atom. The van der Waals surface area contributed by atoms with Crippen LogP contribution >= 0.6 is 15.9 Å². The predicted octanol–water partition coefficient (Wildman–Crippen LogP) is 6.88. The summed E-state index contributed by atoms with van der Waals surface area (Å²) < 4.78 is 1.04. The van der Waals surface area contributed by atoms with Crippen LogP contribution in [0.4, 0.5) is 0 Å². The number of benzene rings is 3. The molecular weight excluding hydrogens is 396 g/mol. The molecule has 0 saturated carbocycles. The Bertz CT molecular complexity index is 1290. The topological polar surface area (TPSA) is 25.8 Å². The molecule has 3 heteroatoms. The van der Waals surface area contributed by atoms with Crippen molar-refractivity contribution in [2.24, 2.45) is 0 Å². The number of hydrogen-bond acceptors (Lipinski definition) is 2. The fourth-order valence-electron chi connectivity index (χ4n) is 3.48. The molecule has 5 rings (SSSR count). The molecule has 0 aliphatic carbocycles. The maximum atomic E-state index is 5.05. The van der Waals surface area contributed by atoms with Gasteiger partial charge in [0.05, 0.1) is 17.1 Å². The van der Waals surface area contributed by atoms with Gasteiger partial charge in [0.15, 0.2) is 0 Å². The highest BCUT2D eigenvalue weighted by atomic mass is 79.9. The highest BCUT2D eigenvalue weighted by molar-refractivity contribution is 9.10. The van der Waals surface area contributed by atoms with Gasteiger partial charge in [0.1, 0.15) is 0 Å². The monoisotopic (exact) mass is 410 g/mol. The minimum Gasteiger partial charge on any atom is -0.254 e. The molecule has 0 bridgehead atoms. The van der Waals surface area contributed by atoms with Crippen LogP contribution in [0.5, 0.6) is 0 Å². The van der Waals surface area contributed by atoms with E-state index in [-0.39, 0.29) is 0 Å². The highest BCUT2D eigenvalue weighted by Crippen LogP contribution is 2.34. The molecular formula is C24H15BrN2. The van der Waals surface area contributed by atoms with Crippen molar-refractivity contribution in [1.82, 2.24) is 9.97 Å². The lowest BCUT2D eigenvalue weighted by atomic mass is 10.0. The third-order valence-electron chi connectivity index (χ3n) is 4.76. The predicted molar refractivity (Wildman–Crippen MR) is 116 cm³/mol. The van der Waals surface area contributed by atoms with Crippen LogP contribution in [0, 0.1) is 0 Å². The van der Waals surface area contributed by atoms with Gasteiger partial charge in [-0.05, 0) is 35.0 Å². The smallest absolute Gasteiger partial charge is 0.0978 e. The second-order valence-electron chi connectivity index (χ2n) is 6.47. The normalized spacial score (nSPS) is 11.1. The zero-order valence-electron chi connectivity index (χ0n) is 14.4. The molecule has 0 aliphatic rings. The van der Waals surface area contributed by atoms with Gasteiger partial charge < -0.3 is 0 Å². The van der Waals surface area contributed by atoms with Crippen molar-refractivity contribution in [1.29, 1.82) is 0 Å². The van der Waals surface area contributed by atoms with Crippen molar-refractivity contribution >= 4 is 37.5 Å². The summed E-state index contributed by atoms with van der Waals surface area (Å²) in [7, 11) is 0. The lowest BCUT2D eigenvalue weighted by molar-refractivity contribution is 1.28. The van der Waals surface area contributed by atoms with Gasteiger partial charge in [0.25, 0.3) is 0 Å². The molecule has 0 aliphatic heterocycles. The van der Waals surface area contributed by atoms with Gasteiger partial charge in [0.2, 0.25) is 0 Å². The van der Waals surface area contributed by atoms with Gasteiger partial charge in [-0.25, -0.2) is 4.98 Å². The average Bonchev–Trinajstić information content (AvgIpc) is 2.72. The van der Waals surface area contributed by atoms with Gasteiger partial charge in [0, 0.05) is 27.0 Å². The summed E-state index contributed by atoms with van der Waals surface area (Å²) in [6, 6.07) is 29.1. The summed E-state index contributed by atoms with van der Waals surface area (Å²) in [6.07, 6.45) is 1.86. The number of aromatic nitrogens is 2. The third kappa shape index (κ3) is 2.90. The molecule has 5 aromatic rings. The van der Waals surface area contributed by atoms with Gasteiger partial charge in [-0.3, -0.25) is 4.98 Å². The van der Waals surface area contributed by atoms with E-state index in [1.54, 1.807) is 0 Å². The Morgan fingerprint density at radius 2 is 1.37 bits per heavy atom. The van der Waals surface area contributed by atoms with Crippen LogP contribution in [0.2, 0.25) is 0 Å². The SMILES string of the molecule is Brc1cccc(-c2cc3ccccc3c(-c3nccc4ccccc34)n2)c1. The molecule has 3 aromatic carbocycles. The summed E-state index contributed by atoms with van der Waals surface area (Å²) in [5.41, 5.74) is 3.86. The first-order valence-electron chi connectivity index (χ1n) is 8.79. The Labute approximate surface area is 165 Å². The van der Waals surface area contributed by atoms with Crippen LogP contribution < -0.4 is 0 Å². The minimum absolute atomic E-state index is 0.917. The molecule has 128 valence electrons. The van der Waals surface area contributed by atoms with Crippen molar-refractivity contribution < 1.29 is 0 Å². The Balaban J connectivity index is 1.86. The van der Waals surface area contributed by atoms with E-state index >= 15 is 0 Å². The molecule has 2 nitrogen and oxygen atoms in total. The number of pyridine rings is 2. The van der Waals surface area contributed by atoms with Gasteiger partial charge >= 0.3 is 0 Å². The third-order valence-corrected chi connectivity index (χ3v) is 5.25. The molecule has 0 atom stereocenters. The Kier molecular flexibility index (Phi) is 3.95. The number of hydrogen-bond donors (Lipinski definition) is 0. The van der Waals surface area contributed by atoms with E-state index in [0.29, 0.717) is 0 Å². The van der Waals surface area contributed by atoms with Crippen LogP contribution in [0.3, 0.4) is 0 Å². The van der Waals surface area contributed by atoms with Gasteiger partial charge in [-0.2, -0.15) is 0 Å². The van der Waals surface area contributed by atoms with Crippen LogP contribution in [-0.4, -0.2) is 9.97 Å². The standard InChI is InChI=1S/C24H15BrN2/c25-19-9-5-8-18(14-19)22-15-17-7-2-4-11-21(17)24(27-22)23-20-10-3-1-6-16(20)12-13-26-23/h1-15H. The maximum absolute atomic E-state index is 5.05. The van der Waals surface area contributed by atoms with E-state index in [2.05, 4.69) is 76.6 Å². The van der Waals surface area contributed by atoms with Crippen molar-refractivity contribution in [3.63, 3.8) is 0 Å². The lowest BCUT2D eigenvalue weighted by Gasteiger charge is -2.11. The second kappa shape index (κ2) is 6.60. The molecule has 0 radical (unpaired) electrons. The number of halogens is 1. The quantitative estimate of drug-likeness (QED) is 0.316. The van der Waals surface area contributed by atoms with E-state index in [1.165, 1.54) is 5.39 Å². The number of rotatable bonds is 2. The Morgan fingerprint density at radius 3 is 2.19 bits per heavy atom. The molecule has 2 heterocycles. The summed E-state index contributed by atoms with van der Waals surface area (Å²) in [5, 5.41) is 4.55. The molecule has 2 aromatic heterocycles. The van der Waals surface area contributed by atoms with Gasteiger partial charge in [-0.15, -0.1) is 0 Å². The number of fused-ring (bicyclic) bond motifs is 2. The average molecular weight is 411 g/mol. The van der Waals surface area contributed by atoms with Crippen molar-refractivity contribution in [3.8, 4) is 22.6 Å². The van der Waals surface area contributed by atoms with E-state index < -0.39 is 0 Å². The molecule has 0 amide bonds. The fourth-order valence-corrected chi connectivity index (χ4v) is 3.88. The first-order valence-corrected chi connectivity index (χ1v) is 9.59. The molecule has 0 spiro atoms. The van der Waals surface area contributed by atoms with Crippen molar-refractivity contribution in [2.45, 2.75) is 0 Å². The van der Waals surface area contributed by atoms with E-state index in [9.17, 15) is 0 Å². The highest BCUT2D eigenvalue weighted by Gasteiger charge is 2.13. The first-order chi connectivity index (χ1) is 13.3. The van der Waals surface area contributed by atoms with Crippen LogP contribution in [0.1, 0.15) is 0 Å². The van der Waals surface area contributed by atoms with Crippen molar-refractivity contribution in [2.75, 3.05) is 0 Å². The largest absolute Gasteiger partial charge is 0.254 e. The zero-order valence-corrected chi connectivity index (χ0v) is 16.0. The lowest BCUT2D eigenvalue weighted by Crippen LogP contribution is -1.94. The summed E-state index contributed by atoms with van der Waals surface area (Å²) in [5.74, 6) is 0. The zero-order chi connectivity index (χ0) is 18.2. The molecule has 0 fully saturated rings. The van der Waals surface area contributed by atoms with E-state index in [1.807, 2.05) is 30.5 Å². The Hall–Kier alpha value is -3.04. The summed E-state index contributed by atoms with van der Waals surface area (Å²) in [4.78, 5) is 9.76. The summed E-state index contributed by atoms with van der Waals surface area (Å²) >= 11 is 3.57.